The molecule has 0 saturated carbocycles. The van der Waals surface area contributed by atoms with Gasteiger partial charge in [-0.05, 0) is 37.1 Å². The van der Waals surface area contributed by atoms with E-state index < -0.39 is 18.5 Å². The van der Waals surface area contributed by atoms with Crippen LogP contribution in [0.1, 0.15) is 53.1 Å². The number of carbonyl (C=O) groups is 3. The van der Waals surface area contributed by atoms with Crippen molar-refractivity contribution in [2.24, 2.45) is 0 Å². The van der Waals surface area contributed by atoms with Gasteiger partial charge in [-0.2, -0.15) is 5.10 Å². The average molecular weight is 406 g/mol. The number of anilines is 1. The van der Waals surface area contributed by atoms with Crippen molar-refractivity contribution in [1.29, 1.82) is 0 Å². The molecule has 2 heterocycles. The Labute approximate surface area is 173 Å². The van der Waals surface area contributed by atoms with Gasteiger partial charge in [0, 0.05) is 17.4 Å². The van der Waals surface area contributed by atoms with E-state index in [0.717, 1.165) is 0 Å². The van der Waals surface area contributed by atoms with E-state index in [9.17, 15) is 14.4 Å². The first-order valence-electron chi connectivity index (χ1n) is 9.44. The van der Waals surface area contributed by atoms with Crippen LogP contribution in [0.2, 0.25) is 0 Å². The Morgan fingerprint density at radius 2 is 1.93 bits per heavy atom. The van der Waals surface area contributed by atoms with Crippen molar-refractivity contribution in [1.82, 2.24) is 14.8 Å². The molecule has 3 rings (SSSR count). The molecule has 0 aliphatic heterocycles. The number of amides is 1. The van der Waals surface area contributed by atoms with Gasteiger partial charge in [-0.3, -0.25) is 9.59 Å². The number of nitrogens with zero attached hydrogens (tertiary/aromatic N) is 3. The van der Waals surface area contributed by atoms with E-state index in [-0.39, 0.29) is 17.3 Å². The number of ketones is 1. The minimum Gasteiger partial charge on any atom is -0.452 e. The molecule has 0 atom stereocenters. The molecule has 0 spiro atoms. The second kappa shape index (κ2) is 9.13. The van der Waals surface area contributed by atoms with Crippen molar-refractivity contribution in [3.05, 3.63) is 71.7 Å². The Balaban J connectivity index is 1.69. The number of ether oxygens (including phenoxy) is 1. The molecule has 0 aliphatic rings. The highest BCUT2D eigenvalue weighted by Gasteiger charge is 2.23. The number of aromatic nitrogens is 3. The summed E-state index contributed by atoms with van der Waals surface area (Å²) in [5.74, 6) is -0.701. The second-order valence-electron chi connectivity index (χ2n) is 6.96. The number of Topliss-reactive ketones (excluding diaryl/α,β-unsaturated/α-hetero) is 1. The maximum atomic E-state index is 12.6. The summed E-state index contributed by atoms with van der Waals surface area (Å²) in [5.41, 5.74) is 1.86. The summed E-state index contributed by atoms with van der Waals surface area (Å²) < 4.78 is 6.78. The van der Waals surface area contributed by atoms with E-state index in [0.29, 0.717) is 22.8 Å². The molecule has 0 aliphatic carbocycles. The Hall–Kier alpha value is -3.81. The highest BCUT2D eigenvalue weighted by molar-refractivity contribution is 5.98. The highest BCUT2D eigenvalue weighted by atomic mass is 16.5. The van der Waals surface area contributed by atoms with Gasteiger partial charge in [0.05, 0.1) is 11.9 Å². The van der Waals surface area contributed by atoms with Gasteiger partial charge in [0.25, 0.3) is 5.91 Å². The first kappa shape index (κ1) is 20.9. The molecule has 8 heteroatoms. The van der Waals surface area contributed by atoms with Crippen molar-refractivity contribution in [2.75, 3.05) is 11.9 Å². The van der Waals surface area contributed by atoms with Crippen LogP contribution in [0.4, 0.5) is 5.69 Å². The number of carbonyl (C=O) groups excluding carboxylic acids is 3. The summed E-state index contributed by atoms with van der Waals surface area (Å²) in [7, 11) is 0. The molecule has 2 aromatic heterocycles. The second-order valence-corrected chi connectivity index (χ2v) is 6.96. The van der Waals surface area contributed by atoms with Crippen molar-refractivity contribution in [2.45, 2.75) is 26.7 Å². The summed E-state index contributed by atoms with van der Waals surface area (Å²) in [6.45, 7) is 4.85. The predicted octanol–water partition coefficient (Wildman–Crippen LogP) is 3.39. The fourth-order valence-corrected chi connectivity index (χ4v) is 2.95. The smallest absolute Gasteiger partial charge is 0.342 e. The van der Waals surface area contributed by atoms with Crippen LogP contribution < -0.4 is 5.32 Å². The van der Waals surface area contributed by atoms with Gasteiger partial charge in [-0.1, -0.05) is 32.0 Å². The molecule has 0 bridgehead atoms. The molecule has 1 aromatic carbocycles. The van der Waals surface area contributed by atoms with Crippen LogP contribution in [0.25, 0.3) is 5.82 Å². The first-order chi connectivity index (χ1) is 14.4. The Kier molecular flexibility index (Phi) is 6.36. The number of hydrogen-bond acceptors (Lipinski definition) is 6. The van der Waals surface area contributed by atoms with Crippen molar-refractivity contribution in [3.63, 3.8) is 0 Å². The van der Waals surface area contributed by atoms with E-state index in [1.54, 1.807) is 47.3 Å². The van der Waals surface area contributed by atoms with Crippen LogP contribution in [-0.2, 0) is 9.53 Å². The number of rotatable bonds is 7. The third-order valence-electron chi connectivity index (χ3n) is 4.33. The van der Waals surface area contributed by atoms with Gasteiger partial charge in [0.2, 0.25) is 0 Å². The fourth-order valence-electron chi connectivity index (χ4n) is 2.95. The van der Waals surface area contributed by atoms with E-state index in [4.69, 9.17) is 4.74 Å². The fraction of sp³-hybridized carbons (Fsp3) is 0.227. The number of hydrogen-bond donors (Lipinski definition) is 1. The van der Waals surface area contributed by atoms with Crippen LogP contribution in [0.3, 0.4) is 0 Å². The summed E-state index contributed by atoms with van der Waals surface area (Å²) >= 11 is 0. The maximum absolute atomic E-state index is 12.6. The van der Waals surface area contributed by atoms with Crippen molar-refractivity contribution >= 4 is 23.3 Å². The van der Waals surface area contributed by atoms with Crippen molar-refractivity contribution in [3.8, 4) is 5.82 Å². The molecule has 1 amide bonds. The van der Waals surface area contributed by atoms with E-state index in [2.05, 4.69) is 15.4 Å². The van der Waals surface area contributed by atoms with Gasteiger partial charge in [-0.25, -0.2) is 14.5 Å². The summed E-state index contributed by atoms with van der Waals surface area (Å²) in [6.07, 6.45) is 3.06. The minimum atomic E-state index is -0.645. The molecule has 0 unspecified atom stereocenters. The SMILES string of the molecule is CC(=O)c1cccc(NC(=O)COC(=O)c2cnn(-c3ccccn3)c2C(C)C)c1. The normalized spacial score (nSPS) is 10.7. The lowest BCUT2D eigenvalue weighted by molar-refractivity contribution is -0.119. The Morgan fingerprint density at radius 1 is 1.13 bits per heavy atom. The molecule has 0 radical (unpaired) electrons. The third kappa shape index (κ3) is 4.78. The lowest BCUT2D eigenvalue weighted by atomic mass is 10.1. The lowest BCUT2D eigenvalue weighted by Crippen LogP contribution is -2.21. The van der Waals surface area contributed by atoms with Crippen LogP contribution in [-0.4, -0.2) is 39.0 Å². The highest BCUT2D eigenvalue weighted by Crippen LogP contribution is 2.23. The van der Waals surface area contributed by atoms with Crippen LogP contribution in [0, 0.1) is 0 Å². The molecule has 154 valence electrons. The number of benzene rings is 1. The van der Waals surface area contributed by atoms with Gasteiger partial charge < -0.3 is 10.1 Å². The minimum absolute atomic E-state index is 0.0276. The zero-order chi connectivity index (χ0) is 21.7. The van der Waals surface area contributed by atoms with E-state index in [1.165, 1.54) is 13.1 Å². The number of nitrogens with one attached hydrogen (secondary N) is 1. The Morgan fingerprint density at radius 3 is 2.60 bits per heavy atom. The molecule has 0 fully saturated rings. The standard InChI is InChI=1S/C22H22N4O4/c1-14(2)21-18(12-24-26(21)19-9-4-5-10-23-19)22(29)30-13-20(28)25-17-8-6-7-16(11-17)15(3)27/h4-12,14H,13H2,1-3H3,(H,25,28). The molecular formula is C22H22N4O4. The number of esters is 1. The molecule has 30 heavy (non-hydrogen) atoms. The third-order valence-corrected chi connectivity index (χ3v) is 4.33. The molecule has 0 saturated heterocycles. The number of pyridine rings is 1. The Bertz CT molecular complexity index is 1070. The quantitative estimate of drug-likeness (QED) is 0.477. The molecular weight excluding hydrogens is 384 g/mol. The maximum Gasteiger partial charge on any atom is 0.342 e. The zero-order valence-corrected chi connectivity index (χ0v) is 17.0. The van der Waals surface area contributed by atoms with Crippen LogP contribution in [0.15, 0.2) is 54.9 Å². The molecule has 3 aromatic rings. The summed E-state index contributed by atoms with van der Waals surface area (Å²) in [6, 6.07) is 12.0. The monoisotopic (exact) mass is 406 g/mol. The molecule has 1 N–H and O–H groups in total. The van der Waals surface area contributed by atoms with Gasteiger partial charge >= 0.3 is 5.97 Å². The summed E-state index contributed by atoms with van der Waals surface area (Å²) in [4.78, 5) is 40.5. The first-order valence-corrected chi connectivity index (χ1v) is 9.44. The van der Waals surface area contributed by atoms with Gasteiger partial charge in [0.15, 0.2) is 18.2 Å². The zero-order valence-electron chi connectivity index (χ0n) is 17.0. The van der Waals surface area contributed by atoms with E-state index >= 15 is 0 Å². The summed E-state index contributed by atoms with van der Waals surface area (Å²) in [5, 5.41) is 6.88. The van der Waals surface area contributed by atoms with Gasteiger partial charge in [-0.15, -0.1) is 0 Å². The van der Waals surface area contributed by atoms with Crippen molar-refractivity contribution < 1.29 is 19.1 Å². The average Bonchev–Trinajstić information content (AvgIpc) is 3.18. The van der Waals surface area contributed by atoms with Gasteiger partial charge in [0.1, 0.15) is 5.56 Å². The predicted molar refractivity (Wildman–Crippen MR) is 111 cm³/mol. The largest absolute Gasteiger partial charge is 0.452 e. The van der Waals surface area contributed by atoms with E-state index in [1.807, 2.05) is 19.9 Å². The lowest BCUT2D eigenvalue weighted by Gasteiger charge is -2.12. The topological polar surface area (TPSA) is 103 Å². The van der Waals surface area contributed by atoms with Crippen LogP contribution in [0.5, 0.6) is 0 Å². The van der Waals surface area contributed by atoms with Crippen LogP contribution >= 0.6 is 0 Å². The molecule has 8 nitrogen and oxygen atoms in total.